The predicted octanol–water partition coefficient (Wildman–Crippen LogP) is 2.06. The number of aliphatic hydroxyl groups excluding tert-OH is 1. The van der Waals surface area contributed by atoms with E-state index >= 15 is 0 Å². The highest BCUT2D eigenvalue weighted by Crippen LogP contribution is 2.26. The number of hydrogen-bond acceptors (Lipinski definition) is 5. The number of aliphatic hydroxyl groups is 1. The first-order valence-electron chi connectivity index (χ1n) is 8.15. The summed E-state index contributed by atoms with van der Waals surface area (Å²) < 4.78 is 5.57. The van der Waals surface area contributed by atoms with Gasteiger partial charge in [0.15, 0.2) is 0 Å². The number of hydrogen-bond donors (Lipinski definition) is 2. The van der Waals surface area contributed by atoms with Crippen LogP contribution in [0.15, 0.2) is 48.8 Å². The second-order valence-corrected chi connectivity index (χ2v) is 6.08. The summed E-state index contributed by atoms with van der Waals surface area (Å²) in [5.41, 5.74) is 0.927. The summed E-state index contributed by atoms with van der Waals surface area (Å²) in [6, 6.07) is 14.3. The molecule has 2 N–H and O–H groups in total. The lowest BCUT2D eigenvalue weighted by Crippen LogP contribution is -2.42. The lowest BCUT2D eigenvalue weighted by molar-refractivity contribution is -0.0306. The van der Waals surface area contributed by atoms with E-state index in [9.17, 15) is 5.11 Å². The second-order valence-electron chi connectivity index (χ2n) is 6.08. The molecule has 1 aromatic heterocycles. The fourth-order valence-electron chi connectivity index (χ4n) is 3.23. The third-order valence-corrected chi connectivity index (χ3v) is 4.55. The van der Waals surface area contributed by atoms with Crippen LogP contribution < -0.4 is 0 Å². The molecule has 2 atom stereocenters. The summed E-state index contributed by atoms with van der Waals surface area (Å²) in [6.07, 6.45) is 0.945. The highest BCUT2D eigenvalue weighted by atomic mass is 16.5. The van der Waals surface area contributed by atoms with Crippen LogP contribution >= 0.6 is 0 Å². The van der Waals surface area contributed by atoms with Gasteiger partial charge in [0.2, 0.25) is 0 Å². The number of morpholine rings is 1. The van der Waals surface area contributed by atoms with E-state index in [1.54, 1.807) is 0 Å². The zero-order chi connectivity index (χ0) is 16.4. The van der Waals surface area contributed by atoms with Gasteiger partial charge < -0.3 is 9.84 Å². The van der Waals surface area contributed by atoms with E-state index in [-0.39, 0.29) is 6.04 Å². The number of ether oxygens (including phenoxy) is 1. The van der Waals surface area contributed by atoms with Gasteiger partial charge >= 0.3 is 0 Å². The first-order valence-corrected chi connectivity index (χ1v) is 8.15. The molecule has 0 aliphatic carbocycles. The maximum Gasteiger partial charge on any atom is 0.143 e. The van der Waals surface area contributed by atoms with Crippen LogP contribution in [-0.2, 0) is 4.74 Å². The molecule has 0 radical (unpaired) electrons. The summed E-state index contributed by atoms with van der Waals surface area (Å²) in [5.74, 6) is 0.778. The number of aromatic nitrogens is 3. The minimum absolute atomic E-state index is 0.00337. The van der Waals surface area contributed by atoms with Crippen molar-refractivity contribution < 1.29 is 9.84 Å². The molecule has 0 amide bonds. The highest BCUT2D eigenvalue weighted by Gasteiger charge is 2.28. The van der Waals surface area contributed by atoms with E-state index in [1.165, 1.54) is 11.7 Å². The summed E-state index contributed by atoms with van der Waals surface area (Å²) in [6.45, 7) is 2.51. The molecule has 6 heteroatoms. The fourth-order valence-corrected chi connectivity index (χ4v) is 3.23. The van der Waals surface area contributed by atoms with E-state index in [0.717, 1.165) is 23.3 Å². The molecule has 1 aliphatic rings. The summed E-state index contributed by atoms with van der Waals surface area (Å²) in [7, 11) is 0. The Bertz CT molecular complexity index is 806. The van der Waals surface area contributed by atoms with Crippen LogP contribution in [0.3, 0.4) is 0 Å². The topological polar surface area (TPSA) is 74.3 Å². The van der Waals surface area contributed by atoms with Crippen LogP contribution in [0.1, 0.15) is 23.5 Å². The molecule has 1 saturated heterocycles. The maximum atomic E-state index is 10.7. The molecule has 1 fully saturated rings. The Morgan fingerprint density at radius 2 is 2.12 bits per heavy atom. The molecule has 2 aromatic carbocycles. The van der Waals surface area contributed by atoms with Gasteiger partial charge in [-0.15, -0.1) is 0 Å². The quantitative estimate of drug-likeness (QED) is 0.768. The van der Waals surface area contributed by atoms with Gasteiger partial charge in [0.25, 0.3) is 0 Å². The largest absolute Gasteiger partial charge is 0.387 e. The van der Waals surface area contributed by atoms with Gasteiger partial charge in [-0.2, -0.15) is 5.10 Å². The van der Waals surface area contributed by atoms with Gasteiger partial charge in [-0.1, -0.05) is 36.4 Å². The van der Waals surface area contributed by atoms with Crippen LogP contribution in [-0.4, -0.2) is 51.5 Å². The van der Waals surface area contributed by atoms with Crippen molar-refractivity contribution in [3.63, 3.8) is 0 Å². The van der Waals surface area contributed by atoms with E-state index < -0.39 is 6.10 Å². The number of aromatic amines is 1. The van der Waals surface area contributed by atoms with E-state index in [0.29, 0.717) is 19.8 Å². The molecule has 24 heavy (non-hydrogen) atoms. The molecular formula is C18H20N4O2. The summed E-state index contributed by atoms with van der Waals surface area (Å²) >= 11 is 0. The number of benzene rings is 2. The van der Waals surface area contributed by atoms with Crippen molar-refractivity contribution in [3.8, 4) is 0 Å². The zero-order valence-electron chi connectivity index (χ0n) is 13.3. The molecule has 2 heterocycles. The molecule has 124 valence electrons. The van der Waals surface area contributed by atoms with Crippen molar-refractivity contribution in [1.82, 2.24) is 20.1 Å². The molecular weight excluding hydrogens is 304 g/mol. The van der Waals surface area contributed by atoms with Crippen LogP contribution in [0.4, 0.5) is 0 Å². The first-order chi connectivity index (χ1) is 11.8. The molecule has 6 nitrogen and oxygen atoms in total. The minimum Gasteiger partial charge on any atom is -0.387 e. The van der Waals surface area contributed by atoms with Gasteiger partial charge in [0, 0.05) is 13.1 Å². The number of nitrogens with one attached hydrogen (secondary N) is 1. The molecule has 2 unspecified atom stereocenters. The van der Waals surface area contributed by atoms with Crippen LogP contribution in [0, 0.1) is 0 Å². The normalized spacial score (nSPS) is 20.3. The third kappa shape index (κ3) is 3.03. The van der Waals surface area contributed by atoms with Crippen molar-refractivity contribution >= 4 is 10.8 Å². The highest BCUT2D eigenvalue weighted by molar-refractivity contribution is 5.83. The van der Waals surface area contributed by atoms with E-state index in [1.807, 2.05) is 18.2 Å². The standard InChI is InChI=1S/C18H20N4O2/c23-17(15-6-5-13-3-1-2-4-14(13)9-15)10-22-7-8-24-11-16(22)18-19-12-20-21-18/h1-6,9,12,16-17,23H,7-8,10-11H2,(H,19,20,21). The van der Waals surface area contributed by atoms with Gasteiger partial charge in [-0.3, -0.25) is 10.00 Å². The average molecular weight is 324 g/mol. The SMILES string of the molecule is OC(CN1CCOCC1c1ncn[nH]1)c1ccc2ccccc2c1. The van der Waals surface area contributed by atoms with E-state index in [2.05, 4.69) is 44.3 Å². The van der Waals surface area contributed by atoms with Crippen molar-refractivity contribution in [2.45, 2.75) is 12.1 Å². The Kier molecular flexibility index (Phi) is 4.25. The van der Waals surface area contributed by atoms with Crippen LogP contribution in [0.25, 0.3) is 10.8 Å². The van der Waals surface area contributed by atoms with Crippen molar-refractivity contribution in [2.75, 3.05) is 26.3 Å². The van der Waals surface area contributed by atoms with E-state index in [4.69, 9.17) is 4.74 Å². The van der Waals surface area contributed by atoms with Crippen LogP contribution in [0.5, 0.6) is 0 Å². The van der Waals surface area contributed by atoms with Crippen molar-refractivity contribution in [2.24, 2.45) is 0 Å². The Balaban J connectivity index is 1.53. The molecule has 3 aromatic rings. The average Bonchev–Trinajstić information content (AvgIpc) is 3.16. The molecule has 1 aliphatic heterocycles. The monoisotopic (exact) mass is 324 g/mol. The predicted molar refractivity (Wildman–Crippen MR) is 90.4 cm³/mol. The number of β-amino-alcohol motifs (C(OH)–C–C–N with tert-alkyl or cyclic N) is 1. The maximum absolute atomic E-state index is 10.7. The smallest absolute Gasteiger partial charge is 0.143 e. The van der Waals surface area contributed by atoms with Crippen molar-refractivity contribution in [3.05, 3.63) is 60.2 Å². The van der Waals surface area contributed by atoms with Gasteiger partial charge in [0.1, 0.15) is 12.2 Å². The number of rotatable bonds is 4. The minimum atomic E-state index is -0.557. The second kappa shape index (κ2) is 6.68. The number of nitrogens with zero attached hydrogens (tertiary/aromatic N) is 3. The number of fused-ring (bicyclic) bond motifs is 1. The van der Waals surface area contributed by atoms with Crippen molar-refractivity contribution in [1.29, 1.82) is 0 Å². The molecule has 0 bridgehead atoms. The van der Waals surface area contributed by atoms with Gasteiger partial charge in [-0.05, 0) is 22.4 Å². The molecule has 0 saturated carbocycles. The van der Waals surface area contributed by atoms with Gasteiger partial charge in [0.05, 0.1) is 25.4 Å². The summed E-state index contributed by atoms with van der Waals surface area (Å²) in [4.78, 5) is 6.44. The van der Waals surface area contributed by atoms with Gasteiger partial charge in [-0.25, -0.2) is 4.98 Å². The Labute approximate surface area is 140 Å². The van der Waals surface area contributed by atoms with Crippen LogP contribution in [0.2, 0.25) is 0 Å². The Morgan fingerprint density at radius 3 is 2.96 bits per heavy atom. The lowest BCUT2D eigenvalue weighted by Gasteiger charge is -2.35. The third-order valence-electron chi connectivity index (χ3n) is 4.55. The Hall–Kier alpha value is -2.28. The molecule has 4 rings (SSSR count). The summed E-state index contributed by atoms with van der Waals surface area (Å²) in [5, 5.41) is 19.9. The lowest BCUT2D eigenvalue weighted by atomic mass is 10.0. The fraction of sp³-hybridized carbons (Fsp3) is 0.333. The Morgan fingerprint density at radius 1 is 1.25 bits per heavy atom. The molecule has 0 spiro atoms. The first kappa shape index (κ1) is 15.3. The zero-order valence-corrected chi connectivity index (χ0v) is 13.3. The number of H-pyrrole nitrogens is 1.